The molecule has 2 heterocycles. The number of nitrogens with one attached hydrogen (secondary N) is 1. The van der Waals surface area contributed by atoms with Crippen LogP contribution < -0.4 is 4.90 Å². The molecule has 1 aromatic carbocycles. The number of ether oxygens (including phenoxy) is 1. The lowest BCUT2D eigenvalue weighted by molar-refractivity contribution is 0.0578. The predicted molar refractivity (Wildman–Crippen MR) is 179 cm³/mol. The Balaban J connectivity index is 0.000000385. The monoisotopic (exact) mass is 662 g/mol. The minimum atomic E-state index is -1.52. The molecule has 1 aliphatic rings. The highest BCUT2D eigenvalue weighted by molar-refractivity contribution is 6.25. The smallest absolute Gasteiger partial charge is 0.415 e. The Morgan fingerprint density at radius 3 is 2.28 bits per heavy atom. The van der Waals surface area contributed by atoms with Gasteiger partial charge in [0.2, 0.25) is 0 Å². The number of halogens is 4. The van der Waals surface area contributed by atoms with Gasteiger partial charge in [-0.05, 0) is 65.6 Å². The number of H-pyrrole nitrogens is 1. The second kappa shape index (κ2) is 19.2. The van der Waals surface area contributed by atoms with E-state index >= 15 is 0 Å². The summed E-state index contributed by atoms with van der Waals surface area (Å²) in [6, 6.07) is 6.25. The summed E-state index contributed by atoms with van der Waals surface area (Å²) in [5, 5.41) is 15.2. The van der Waals surface area contributed by atoms with E-state index in [4.69, 9.17) is 21.4 Å². The Morgan fingerprint density at radius 1 is 1.20 bits per heavy atom. The van der Waals surface area contributed by atoms with Gasteiger partial charge in [-0.2, -0.15) is 5.10 Å². The molecule has 0 saturated carbocycles. The first-order valence-electron chi connectivity index (χ1n) is 14.3. The fourth-order valence-corrected chi connectivity index (χ4v) is 3.93. The molecule has 12 heteroatoms. The first-order chi connectivity index (χ1) is 21.6. The van der Waals surface area contributed by atoms with Crippen LogP contribution in [-0.2, 0) is 4.74 Å². The first kappa shape index (κ1) is 39.7. The van der Waals surface area contributed by atoms with Gasteiger partial charge in [0.05, 0.1) is 18.3 Å². The molecule has 8 nitrogen and oxygen atoms in total. The topological polar surface area (TPSA) is 98.8 Å². The summed E-state index contributed by atoms with van der Waals surface area (Å²) >= 11 is 5.24. The maximum atomic E-state index is 13.5. The lowest BCUT2D eigenvalue weighted by Gasteiger charge is -2.24. The third-order valence-corrected chi connectivity index (χ3v) is 6.99. The van der Waals surface area contributed by atoms with Crippen LogP contribution in [0.3, 0.4) is 0 Å². The van der Waals surface area contributed by atoms with Gasteiger partial charge in [-0.15, -0.1) is 0 Å². The highest BCUT2D eigenvalue weighted by Gasteiger charge is 2.41. The number of allylic oxidation sites excluding steroid dienone is 9. The fraction of sp³-hybridized carbons (Fsp3) is 0.324. The summed E-state index contributed by atoms with van der Waals surface area (Å²) < 4.78 is 44.7. The molecule has 46 heavy (non-hydrogen) atoms. The fourth-order valence-electron chi connectivity index (χ4n) is 3.86. The molecule has 250 valence electrons. The number of amides is 1. The van der Waals surface area contributed by atoms with E-state index < -0.39 is 29.1 Å². The maximum absolute atomic E-state index is 13.5. The van der Waals surface area contributed by atoms with E-state index in [0.29, 0.717) is 23.5 Å². The van der Waals surface area contributed by atoms with Crippen LogP contribution in [0.4, 0.5) is 23.7 Å². The molecular weight excluding hydrogens is 621 g/mol. The summed E-state index contributed by atoms with van der Waals surface area (Å²) in [5.41, 5.74) is 3.69. The van der Waals surface area contributed by atoms with Crippen molar-refractivity contribution in [2.45, 2.75) is 46.6 Å². The van der Waals surface area contributed by atoms with Crippen LogP contribution in [0.1, 0.15) is 55.7 Å². The van der Waals surface area contributed by atoms with Crippen molar-refractivity contribution in [3.05, 3.63) is 113 Å². The van der Waals surface area contributed by atoms with Crippen molar-refractivity contribution in [1.82, 2.24) is 15.1 Å². The largest absolute Gasteiger partial charge is 0.478 e. The number of rotatable bonds is 11. The van der Waals surface area contributed by atoms with E-state index in [1.807, 2.05) is 27.0 Å². The van der Waals surface area contributed by atoms with Gasteiger partial charge in [0, 0.05) is 41.0 Å². The molecule has 0 spiro atoms. The highest BCUT2D eigenvalue weighted by Crippen LogP contribution is 2.31. The van der Waals surface area contributed by atoms with Gasteiger partial charge in [-0.1, -0.05) is 61.6 Å². The van der Waals surface area contributed by atoms with Gasteiger partial charge in [0.25, 0.3) is 0 Å². The number of aromatic amines is 1. The normalized spacial score (nSPS) is 17.3. The second-order valence-corrected chi connectivity index (χ2v) is 10.8. The first-order valence-corrected chi connectivity index (χ1v) is 14.7. The summed E-state index contributed by atoms with van der Waals surface area (Å²) in [5.74, 6) is -4.99. The summed E-state index contributed by atoms with van der Waals surface area (Å²) in [6.45, 7) is 17.7. The SMILES string of the molecule is C=C/C(=C(F)\C(F)=C(/C)F)c1cn[nH]c1C.C=C/C(C)=C\C=C\Cl.CCN(C)CCC1(C)CN(c2ccc(C(=O)O)cc2)C(=O)O1. The Hall–Kier alpha value is -4.35. The minimum Gasteiger partial charge on any atom is -0.478 e. The van der Waals surface area contributed by atoms with Gasteiger partial charge in [-0.25, -0.2) is 22.8 Å². The van der Waals surface area contributed by atoms with E-state index in [1.165, 1.54) is 23.9 Å². The molecule has 2 aromatic rings. The van der Waals surface area contributed by atoms with Crippen LogP contribution >= 0.6 is 11.6 Å². The number of nitrogens with zero attached hydrogens (tertiary/aromatic N) is 3. The van der Waals surface area contributed by atoms with Gasteiger partial charge >= 0.3 is 12.1 Å². The molecule has 1 atom stereocenters. The Bertz CT molecular complexity index is 1480. The summed E-state index contributed by atoms with van der Waals surface area (Å²) in [7, 11) is 2.03. The molecule has 1 aliphatic heterocycles. The molecule has 1 fully saturated rings. The molecule has 1 saturated heterocycles. The van der Waals surface area contributed by atoms with E-state index in [9.17, 15) is 22.8 Å². The third kappa shape index (κ3) is 12.2. The third-order valence-electron chi connectivity index (χ3n) is 6.84. The van der Waals surface area contributed by atoms with Gasteiger partial charge in [-0.3, -0.25) is 10.00 Å². The lowest BCUT2D eigenvalue weighted by Crippen LogP contribution is -2.35. The molecule has 2 N–H and O–H groups in total. The number of hydrogen-bond acceptors (Lipinski definition) is 5. The molecular formula is C34H42ClF3N4O4. The molecule has 1 amide bonds. The van der Waals surface area contributed by atoms with Crippen molar-refractivity contribution >= 4 is 34.9 Å². The van der Waals surface area contributed by atoms with Crippen LogP contribution in [0.5, 0.6) is 0 Å². The van der Waals surface area contributed by atoms with Crippen LogP contribution in [-0.4, -0.2) is 64.5 Å². The standard InChI is InChI=1S/C16H22N2O4.C11H11F3N2.C7H9Cl/c1-4-17(3)10-9-16(2)11-18(15(21)22-16)13-7-5-12(6-8-13)14(19)20;1-4-8(9-5-15-16-7(9)3)11(14)10(13)6(2)12;1-3-7(2)5-4-6-8/h5-8H,4,9-11H2,1-3H3,(H,19,20);4-5H,1H2,2-3H3,(H,15,16);3-6H,1H2,2H3/b;10-6-,11-8-;6-4+,7-5-. The number of aromatic carboxylic acids is 1. The Kier molecular flexibility index (Phi) is 16.6. The summed E-state index contributed by atoms with van der Waals surface area (Å²) in [4.78, 5) is 26.7. The number of hydrogen-bond donors (Lipinski definition) is 2. The van der Waals surface area contributed by atoms with Gasteiger partial charge < -0.3 is 14.7 Å². The number of cyclic esters (lactones) is 1. The predicted octanol–water partition coefficient (Wildman–Crippen LogP) is 9.07. The number of carboxylic acid groups (broad SMARTS) is 1. The van der Waals surface area contributed by atoms with Crippen molar-refractivity contribution in [1.29, 1.82) is 0 Å². The van der Waals surface area contributed by atoms with Crippen LogP contribution in [0.2, 0.25) is 0 Å². The molecule has 0 radical (unpaired) electrons. The second-order valence-electron chi connectivity index (χ2n) is 10.5. The number of aromatic nitrogens is 2. The highest BCUT2D eigenvalue weighted by atomic mass is 35.5. The van der Waals surface area contributed by atoms with E-state index in [2.05, 4.69) is 35.2 Å². The Labute approximate surface area is 273 Å². The minimum absolute atomic E-state index is 0.124. The average Bonchev–Trinajstić information content (AvgIpc) is 3.60. The number of carbonyl (C=O) groups is 2. The molecule has 0 aliphatic carbocycles. The number of aryl methyl sites for hydroxylation is 1. The van der Waals surface area contributed by atoms with Crippen LogP contribution in [0.15, 0.2) is 96.5 Å². The quantitative estimate of drug-likeness (QED) is 0.233. The zero-order valence-electron chi connectivity index (χ0n) is 27.0. The number of carboxylic acids is 1. The van der Waals surface area contributed by atoms with E-state index in [1.54, 1.807) is 36.1 Å². The number of carbonyl (C=O) groups excluding carboxylic acids is 1. The van der Waals surface area contributed by atoms with Gasteiger partial charge in [0.1, 0.15) is 11.4 Å². The zero-order chi connectivity index (χ0) is 35.0. The van der Waals surface area contributed by atoms with Crippen molar-refractivity contribution in [3.63, 3.8) is 0 Å². The lowest BCUT2D eigenvalue weighted by atomic mass is 10.0. The molecule has 1 aromatic heterocycles. The van der Waals surface area contributed by atoms with Crippen molar-refractivity contribution in [2.75, 3.05) is 31.6 Å². The van der Waals surface area contributed by atoms with Crippen molar-refractivity contribution in [3.8, 4) is 0 Å². The van der Waals surface area contributed by atoms with Crippen molar-refractivity contribution in [2.24, 2.45) is 0 Å². The molecule has 0 bridgehead atoms. The van der Waals surface area contributed by atoms with E-state index in [-0.39, 0.29) is 17.2 Å². The van der Waals surface area contributed by atoms with E-state index in [0.717, 1.165) is 38.1 Å². The summed E-state index contributed by atoms with van der Waals surface area (Å²) in [6.07, 6.45) is 8.25. The number of benzene rings is 1. The maximum Gasteiger partial charge on any atom is 0.415 e. The Morgan fingerprint density at radius 2 is 1.83 bits per heavy atom. The number of anilines is 1. The zero-order valence-corrected chi connectivity index (χ0v) is 27.8. The van der Waals surface area contributed by atoms with Crippen LogP contribution in [0, 0.1) is 6.92 Å². The van der Waals surface area contributed by atoms with Crippen LogP contribution in [0.25, 0.3) is 5.57 Å². The molecule has 1 unspecified atom stereocenters. The average molecular weight is 663 g/mol. The van der Waals surface area contributed by atoms with Crippen molar-refractivity contribution < 1.29 is 32.6 Å². The van der Waals surface area contributed by atoms with Gasteiger partial charge in [0.15, 0.2) is 11.7 Å². The molecule has 3 rings (SSSR count).